The second-order valence-corrected chi connectivity index (χ2v) is 6.80. The van der Waals surface area contributed by atoms with E-state index >= 15 is 0 Å². The smallest absolute Gasteiger partial charge is 0.246 e. The zero-order chi connectivity index (χ0) is 18.8. The van der Waals surface area contributed by atoms with Crippen LogP contribution in [0.5, 0.6) is 0 Å². The van der Waals surface area contributed by atoms with Crippen molar-refractivity contribution in [2.45, 2.75) is 38.7 Å². The second kappa shape index (κ2) is 7.55. The van der Waals surface area contributed by atoms with Gasteiger partial charge in [0.2, 0.25) is 6.43 Å². The lowest BCUT2D eigenvalue weighted by atomic mass is 10.0. The Bertz CT molecular complexity index is 904. The highest BCUT2D eigenvalue weighted by Crippen LogP contribution is 2.24. The van der Waals surface area contributed by atoms with Crippen molar-refractivity contribution in [2.24, 2.45) is 5.92 Å². The first-order valence-corrected chi connectivity index (χ1v) is 8.97. The first-order chi connectivity index (χ1) is 13.1. The molecule has 2 N–H and O–H groups in total. The number of halogens is 2. The minimum atomic E-state index is -2.45. The van der Waals surface area contributed by atoms with Crippen LogP contribution in [-0.4, -0.2) is 49.6 Å². The lowest BCUT2D eigenvalue weighted by Gasteiger charge is -2.21. The van der Waals surface area contributed by atoms with Crippen LogP contribution >= 0.6 is 0 Å². The quantitative estimate of drug-likeness (QED) is 0.686. The normalized spacial score (nSPS) is 16.9. The van der Waals surface area contributed by atoms with Crippen LogP contribution in [0.3, 0.4) is 0 Å². The fourth-order valence-corrected chi connectivity index (χ4v) is 3.12. The highest BCUT2D eigenvalue weighted by atomic mass is 19.3. The van der Waals surface area contributed by atoms with E-state index in [-0.39, 0.29) is 0 Å². The molecule has 0 aliphatic carbocycles. The van der Waals surface area contributed by atoms with Crippen molar-refractivity contribution >= 4 is 22.8 Å². The number of fused-ring (bicyclic) bond motifs is 1. The summed E-state index contributed by atoms with van der Waals surface area (Å²) < 4.78 is 32.9. The van der Waals surface area contributed by atoms with Crippen LogP contribution in [0.2, 0.25) is 0 Å². The Hall–Kier alpha value is -2.62. The van der Waals surface area contributed by atoms with E-state index in [0.717, 1.165) is 32.6 Å². The molecule has 0 unspecified atom stereocenters. The van der Waals surface area contributed by atoms with Crippen molar-refractivity contribution in [2.75, 3.05) is 18.5 Å². The van der Waals surface area contributed by atoms with E-state index in [1.165, 1.54) is 6.92 Å². The van der Waals surface area contributed by atoms with Gasteiger partial charge in [-0.3, -0.25) is 5.10 Å². The molecule has 0 bridgehead atoms. The van der Waals surface area contributed by atoms with Crippen LogP contribution in [0.1, 0.15) is 31.4 Å². The molecule has 0 amide bonds. The summed E-state index contributed by atoms with van der Waals surface area (Å²) in [5.41, 5.74) is 1.76. The van der Waals surface area contributed by atoms with E-state index in [9.17, 15) is 8.78 Å². The summed E-state index contributed by atoms with van der Waals surface area (Å²) in [6.45, 7) is 3.77. The van der Waals surface area contributed by atoms with Gasteiger partial charge < -0.3 is 10.1 Å². The molecular formula is C17H21F2N7O. The number of H-pyrrole nitrogens is 1. The van der Waals surface area contributed by atoms with E-state index in [2.05, 4.69) is 30.6 Å². The summed E-state index contributed by atoms with van der Waals surface area (Å²) in [4.78, 5) is 8.95. The van der Waals surface area contributed by atoms with Crippen LogP contribution in [0, 0.1) is 5.92 Å². The number of aromatic amines is 1. The average molecular weight is 377 g/mol. The third kappa shape index (κ3) is 3.90. The van der Waals surface area contributed by atoms with Gasteiger partial charge in [0.05, 0.1) is 18.3 Å². The standard InChI is InChI=1S/C17H21F2N7O/c1-10(16(18)19)12-6-14(25-24-12)22-15-8-20-13-7-21-26(17(13)23-15)9-11-2-4-27-5-3-11/h6-8,10-11,16H,2-5,9H2,1H3,(H2,22,23,24,25)/t10-/m1/s1. The van der Waals surface area contributed by atoms with E-state index in [1.54, 1.807) is 18.5 Å². The number of nitrogens with one attached hydrogen (secondary N) is 2. The van der Waals surface area contributed by atoms with Crippen molar-refractivity contribution in [1.29, 1.82) is 0 Å². The highest BCUT2D eigenvalue weighted by Gasteiger charge is 2.20. The van der Waals surface area contributed by atoms with E-state index in [0.29, 0.717) is 34.4 Å². The van der Waals surface area contributed by atoms with Gasteiger partial charge in [0.1, 0.15) is 5.52 Å². The molecule has 1 fully saturated rings. The summed E-state index contributed by atoms with van der Waals surface area (Å²) in [5.74, 6) is 0.494. The first-order valence-electron chi connectivity index (χ1n) is 8.97. The number of ether oxygens (including phenoxy) is 1. The van der Waals surface area contributed by atoms with Crippen LogP contribution in [0.25, 0.3) is 11.2 Å². The maximum Gasteiger partial charge on any atom is 0.246 e. The monoisotopic (exact) mass is 377 g/mol. The number of rotatable bonds is 6. The number of aromatic nitrogens is 6. The van der Waals surface area contributed by atoms with Gasteiger partial charge in [0, 0.05) is 31.5 Å². The van der Waals surface area contributed by atoms with Crippen LogP contribution in [0.15, 0.2) is 18.5 Å². The molecule has 27 heavy (non-hydrogen) atoms. The third-order valence-electron chi connectivity index (χ3n) is 4.84. The maximum atomic E-state index is 12.8. The minimum Gasteiger partial charge on any atom is -0.381 e. The van der Waals surface area contributed by atoms with Crippen LogP contribution in [0.4, 0.5) is 20.4 Å². The third-order valence-corrected chi connectivity index (χ3v) is 4.84. The second-order valence-electron chi connectivity index (χ2n) is 6.80. The Kier molecular flexibility index (Phi) is 4.97. The van der Waals surface area contributed by atoms with E-state index < -0.39 is 12.3 Å². The Morgan fingerprint density at radius 1 is 1.30 bits per heavy atom. The van der Waals surface area contributed by atoms with Gasteiger partial charge in [0.15, 0.2) is 17.3 Å². The Labute approximate surface area is 154 Å². The van der Waals surface area contributed by atoms with E-state index in [4.69, 9.17) is 4.74 Å². The lowest BCUT2D eigenvalue weighted by molar-refractivity contribution is 0.0605. The maximum absolute atomic E-state index is 12.8. The SMILES string of the molecule is C[C@H](c1cc(Nc2cnc3cnn(CC4CCOCC4)c3n2)n[nH]1)C(F)F. The van der Waals surface area contributed by atoms with Gasteiger partial charge in [-0.05, 0) is 18.8 Å². The van der Waals surface area contributed by atoms with Crippen molar-refractivity contribution in [3.05, 3.63) is 24.2 Å². The average Bonchev–Trinajstić information content (AvgIpc) is 3.29. The molecular weight excluding hydrogens is 356 g/mol. The zero-order valence-corrected chi connectivity index (χ0v) is 14.9. The Morgan fingerprint density at radius 2 is 2.11 bits per heavy atom. The van der Waals surface area contributed by atoms with Gasteiger partial charge in [0.25, 0.3) is 0 Å². The molecule has 1 saturated heterocycles. The van der Waals surface area contributed by atoms with Crippen molar-refractivity contribution in [3.8, 4) is 0 Å². The largest absolute Gasteiger partial charge is 0.381 e. The number of hydrogen-bond donors (Lipinski definition) is 2. The summed E-state index contributed by atoms with van der Waals surface area (Å²) in [6, 6.07) is 1.56. The lowest BCUT2D eigenvalue weighted by Crippen LogP contribution is -2.21. The number of alkyl halides is 2. The molecule has 3 aromatic rings. The molecule has 0 aromatic carbocycles. The zero-order valence-electron chi connectivity index (χ0n) is 14.9. The molecule has 8 nitrogen and oxygen atoms in total. The molecule has 10 heteroatoms. The Morgan fingerprint density at radius 3 is 2.89 bits per heavy atom. The molecule has 0 radical (unpaired) electrons. The predicted molar refractivity (Wildman–Crippen MR) is 95.2 cm³/mol. The van der Waals surface area contributed by atoms with Crippen molar-refractivity contribution in [3.63, 3.8) is 0 Å². The Balaban J connectivity index is 1.51. The molecule has 3 aromatic heterocycles. The highest BCUT2D eigenvalue weighted by molar-refractivity contribution is 5.71. The van der Waals surface area contributed by atoms with Gasteiger partial charge in [-0.25, -0.2) is 23.4 Å². The van der Waals surface area contributed by atoms with Crippen molar-refractivity contribution < 1.29 is 13.5 Å². The predicted octanol–water partition coefficient (Wildman–Crippen LogP) is 3.09. The molecule has 1 atom stereocenters. The topological polar surface area (TPSA) is 93.5 Å². The molecule has 1 aliphatic rings. The van der Waals surface area contributed by atoms with Gasteiger partial charge in [-0.1, -0.05) is 6.92 Å². The molecule has 0 spiro atoms. The fraction of sp³-hybridized carbons (Fsp3) is 0.529. The van der Waals surface area contributed by atoms with E-state index in [1.807, 2.05) is 4.68 Å². The molecule has 4 heterocycles. The van der Waals surface area contributed by atoms with Gasteiger partial charge >= 0.3 is 0 Å². The van der Waals surface area contributed by atoms with Gasteiger partial charge in [-0.2, -0.15) is 10.2 Å². The summed E-state index contributed by atoms with van der Waals surface area (Å²) in [6.07, 6.45) is 2.83. The summed E-state index contributed by atoms with van der Waals surface area (Å²) in [7, 11) is 0. The number of anilines is 2. The molecule has 144 valence electrons. The van der Waals surface area contributed by atoms with Crippen molar-refractivity contribution in [1.82, 2.24) is 29.9 Å². The summed E-state index contributed by atoms with van der Waals surface area (Å²) >= 11 is 0. The molecule has 1 aliphatic heterocycles. The van der Waals surface area contributed by atoms with Crippen LogP contribution in [-0.2, 0) is 11.3 Å². The fourth-order valence-electron chi connectivity index (χ4n) is 3.12. The summed E-state index contributed by atoms with van der Waals surface area (Å²) in [5, 5.41) is 14.1. The minimum absolute atomic E-state index is 0.367. The molecule has 0 saturated carbocycles. The number of hydrogen-bond acceptors (Lipinski definition) is 6. The molecule has 4 rings (SSSR count). The van der Waals surface area contributed by atoms with Crippen LogP contribution < -0.4 is 5.32 Å². The van der Waals surface area contributed by atoms with Gasteiger partial charge in [-0.15, -0.1) is 0 Å². The number of nitrogens with zero attached hydrogens (tertiary/aromatic N) is 5. The first kappa shape index (κ1) is 17.8.